The molecule has 0 radical (unpaired) electrons. The minimum Gasteiger partial charge on any atom is -0.445 e. The lowest BCUT2D eigenvalue weighted by Gasteiger charge is -2.40. The lowest BCUT2D eigenvalue weighted by Crippen LogP contribution is -2.57. The van der Waals surface area contributed by atoms with E-state index in [1.54, 1.807) is 7.05 Å². The number of carbonyl (C=O) groups is 3. The Labute approximate surface area is 179 Å². The molecule has 7 nitrogen and oxygen atoms in total. The first-order chi connectivity index (χ1) is 14.4. The van der Waals surface area contributed by atoms with Gasteiger partial charge in [0.15, 0.2) is 5.78 Å². The van der Waals surface area contributed by atoms with Gasteiger partial charge in [0.05, 0.1) is 13.1 Å². The van der Waals surface area contributed by atoms with Crippen LogP contribution in [0.3, 0.4) is 0 Å². The number of ketones is 1. The molecular formula is C23H33N3O4. The Morgan fingerprint density at radius 1 is 1.07 bits per heavy atom. The summed E-state index contributed by atoms with van der Waals surface area (Å²) < 4.78 is 5.45. The van der Waals surface area contributed by atoms with Gasteiger partial charge in [-0.1, -0.05) is 30.3 Å². The predicted octanol–water partition coefficient (Wildman–Crippen LogP) is 2.69. The standard InChI is InChI=1S/C23H33N3O4/c1-23(24(2)22(29)30-18-19-10-4-3-5-11-19)12-6-7-13-25(16-20(23)27)17-21(28)26-14-8-9-15-26/h3-5,10-11H,6-9,12-18H2,1-2H3. The fourth-order valence-corrected chi connectivity index (χ4v) is 4.16. The van der Waals surface area contributed by atoms with Gasteiger partial charge in [0, 0.05) is 20.1 Å². The van der Waals surface area contributed by atoms with Crippen molar-refractivity contribution in [1.29, 1.82) is 0 Å². The molecule has 0 aromatic heterocycles. The Morgan fingerprint density at radius 3 is 2.43 bits per heavy atom. The molecule has 0 spiro atoms. The number of amides is 2. The first kappa shape index (κ1) is 22.3. The average Bonchev–Trinajstić information content (AvgIpc) is 3.29. The molecule has 1 aromatic carbocycles. The van der Waals surface area contributed by atoms with E-state index >= 15 is 0 Å². The van der Waals surface area contributed by atoms with Gasteiger partial charge in [-0.15, -0.1) is 0 Å². The Kier molecular flexibility index (Phi) is 7.48. The normalized spacial score (nSPS) is 23.0. The third kappa shape index (κ3) is 5.39. The number of ether oxygens (including phenoxy) is 1. The zero-order chi connectivity index (χ0) is 21.6. The van der Waals surface area contributed by atoms with E-state index in [0.29, 0.717) is 6.42 Å². The van der Waals surface area contributed by atoms with Gasteiger partial charge in [-0.2, -0.15) is 0 Å². The third-order valence-electron chi connectivity index (χ3n) is 6.39. The van der Waals surface area contributed by atoms with Gasteiger partial charge in [-0.25, -0.2) is 4.79 Å². The molecule has 0 aliphatic carbocycles. The van der Waals surface area contributed by atoms with Crippen molar-refractivity contribution < 1.29 is 19.1 Å². The summed E-state index contributed by atoms with van der Waals surface area (Å²) in [5, 5.41) is 0. The molecule has 0 saturated carbocycles. The summed E-state index contributed by atoms with van der Waals surface area (Å²) >= 11 is 0. The van der Waals surface area contributed by atoms with Gasteiger partial charge >= 0.3 is 6.09 Å². The van der Waals surface area contributed by atoms with Crippen LogP contribution in [-0.4, -0.2) is 77.8 Å². The Hall–Kier alpha value is -2.41. The topological polar surface area (TPSA) is 70.2 Å². The molecule has 0 N–H and O–H groups in total. The molecule has 0 bridgehead atoms. The second-order valence-electron chi connectivity index (χ2n) is 8.55. The summed E-state index contributed by atoms with van der Waals surface area (Å²) in [7, 11) is 1.63. The maximum absolute atomic E-state index is 13.2. The van der Waals surface area contributed by atoms with Gasteiger partial charge in [-0.3, -0.25) is 19.4 Å². The van der Waals surface area contributed by atoms with E-state index in [1.165, 1.54) is 4.90 Å². The summed E-state index contributed by atoms with van der Waals surface area (Å²) in [6.45, 7) is 4.78. The third-order valence-corrected chi connectivity index (χ3v) is 6.39. The first-order valence-corrected chi connectivity index (χ1v) is 10.9. The minimum absolute atomic E-state index is 0.0458. The van der Waals surface area contributed by atoms with Crippen molar-refractivity contribution in [2.75, 3.05) is 39.8 Å². The van der Waals surface area contributed by atoms with Crippen LogP contribution < -0.4 is 0 Å². The van der Waals surface area contributed by atoms with Crippen LogP contribution in [0.2, 0.25) is 0 Å². The van der Waals surface area contributed by atoms with Crippen molar-refractivity contribution in [3.63, 3.8) is 0 Å². The first-order valence-electron chi connectivity index (χ1n) is 10.9. The maximum atomic E-state index is 13.2. The molecule has 7 heteroatoms. The van der Waals surface area contributed by atoms with E-state index in [9.17, 15) is 14.4 Å². The highest BCUT2D eigenvalue weighted by Gasteiger charge is 2.41. The zero-order valence-electron chi connectivity index (χ0n) is 18.1. The molecule has 2 aliphatic heterocycles. The van der Waals surface area contributed by atoms with Gasteiger partial charge in [0.2, 0.25) is 5.91 Å². The molecule has 2 heterocycles. The van der Waals surface area contributed by atoms with E-state index in [0.717, 1.165) is 50.9 Å². The number of carbonyl (C=O) groups excluding carboxylic acids is 3. The molecular weight excluding hydrogens is 382 g/mol. The molecule has 2 saturated heterocycles. The minimum atomic E-state index is -0.941. The molecule has 1 atom stereocenters. The van der Waals surface area contributed by atoms with Crippen LogP contribution in [0.5, 0.6) is 0 Å². The van der Waals surface area contributed by atoms with Crippen LogP contribution in [0, 0.1) is 0 Å². The van der Waals surface area contributed by atoms with Crippen molar-refractivity contribution in [3.8, 4) is 0 Å². The maximum Gasteiger partial charge on any atom is 0.410 e. The molecule has 1 aromatic rings. The quantitative estimate of drug-likeness (QED) is 0.740. The van der Waals surface area contributed by atoms with Crippen LogP contribution >= 0.6 is 0 Å². The highest BCUT2D eigenvalue weighted by Crippen LogP contribution is 2.26. The lowest BCUT2D eigenvalue weighted by molar-refractivity contribution is -0.135. The second-order valence-corrected chi connectivity index (χ2v) is 8.55. The SMILES string of the molecule is CN(C(=O)OCc1ccccc1)C1(C)CCCCN(CC(=O)N2CCCC2)CC1=O. The largest absolute Gasteiger partial charge is 0.445 e. The van der Waals surface area contributed by atoms with Crippen molar-refractivity contribution in [3.05, 3.63) is 35.9 Å². The fraction of sp³-hybridized carbons (Fsp3) is 0.609. The van der Waals surface area contributed by atoms with Gasteiger partial charge < -0.3 is 9.64 Å². The highest BCUT2D eigenvalue weighted by atomic mass is 16.6. The number of likely N-dealkylation sites (tertiary alicyclic amines) is 2. The molecule has 2 fully saturated rings. The van der Waals surface area contributed by atoms with Gasteiger partial charge in [0.1, 0.15) is 12.1 Å². The molecule has 164 valence electrons. The number of hydrogen-bond acceptors (Lipinski definition) is 5. The van der Waals surface area contributed by atoms with Crippen molar-refractivity contribution >= 4 is 17.8 Å². The van der Waals surface area contributed by atoms with Crippen molar-refractivity contribution in [1.82, 2.24) is 14.7 Å². The summed E-state index contributed by atoms with van der Waals surface area (Å²) in [4.78, 5) is 43.7. The van der Waals surface area contributed by atoms with Gasteiger partial charge in [-0.05, 0) is 51.1 Å². The van der Waals surface area contributed by atoms with Crippen LogP contribution in [0.15, 0.2) is 30.3 Å². The fourth-order valence-electron chi connectivity index (χ4n) is 4.16. The molecule has 3 rings (SSSR count). The monoisotopic (exact) mass is 415 g/mol. The van der Waals surface area contributed by atoms with E-state index in [2.05, 4.69) is 0 Å². The Morgan fingerprint density at radius 2 is 1.73 bits per heavy atom. The lowest BCUT2D eigenvalue weighted by atomic mass is 9.86. The van der Waals surface area contributed by atoms with E-state index < -0.39 is 11.6 Å². The summed E-state index contributed by atoms with van der Waals surface area (Å²) in [5.41, 5.74) is -0.0386. The van der Waals surface area contributed by atoms with Crippen molar-refractivity contribution in [2.24, 2.45) is 0 Å². The Bertz CT molecular complexity index is 748. The van der Waals surface area contributed by atoms with E-state index in [4.69, 9.17) is 4.74 Å². The summed E-state index contributed by atoms with van der Waals surface area (Å²) in [6.07, 6.45) is 3.90. The molecule has 2 amide bonds. The predicted molar refractivity (Wildman–Crippen MR) is 114 cm³/mol. The second kappa shape index (κ2) is 10.1. The number of rotatable bonds is 5. The van der Waals surface area contributed by atoms with E-state index in [1.807, 2.05) is 47.1 Å². The van der Waals surface area contributed by atoms with Crippen LogP contribution in [-0.2, 0) is 20.9 Å². The number of likely N-dealkylation sites (N-methyl/N-ethyl adjacent to an activating group) is 1. The average molecular weight is 416 g/mol. The Balaban J connectivity index is 1.60. The smallest absolute Gasteiger partial charge is 0.410 e. The highest BCUT2D eigenvalue weighted by molar-refractivity contribution is 5.93. The van der Waals surface area contributed by atoms with E-state index in [-0.39, 0.29) is 31.4 Å². The molecule has 2 aliphatic rings. The zero-order valence-corrected chi connectivity index (χ0v) is 18.1. The van der Waals surface area contributed by atoms with Crippen LogP contribution in [0.25, 0.3) is 0 Å². The van der Waals surface area contributed by atoms with Crippen LogP contribution in [0.4, 0.5) is 4.79 Å². The molecule has 30 heavy (non-hydrogen) atoms. The van der Waals surface area contributed by atoms with Crippen molar-refractivity contribution in [2.45, 2.75) is 51.2 Å². The number of nitrogens with zero attached hydrogens (tertiary/aromatic N) is 3. The number of Topliss-reactive ketones (excluding diaryl/α,β-unsaturated/α-hetero) is 1. The summed E-state index contributed by atoms with van der Waals surface area (Å²) in [6, 6.07) is 9.48. The number of hydrogen-bond donors (Lipinski definition) is 0. The van der Waals surface area contributed by atoms with Gasteiger partial charge in [0.25, 0.3) is 0 Å². The molecule has 1 unspecified atom stereocenters. The number of benzene rings is 1. The van der Waals surface area contributed by atoms with Crippen LogP contribution in [0.1, 0.15) is 44.6 Å². The summed E-state index contributed by atoms with van der Waals surface area (Å²) in [5.74, 6) is 0.0498.